The van der Waals surface area contributed by atoms with Crippen molar-refractivity contribution in [3.05, 3.63) is 149 Å². The Balaban J connectivity index is 1.64. The highest BCUT2D eigenvalue weighted by Gasteiger charge is 2.31. The predicted molar refractivity (Wildman–Crippen MR) is 142 cm³/mol. The molecule has 0 amide bonds. The number of nitrogens with zero attached hydrogens (tertiary/aromatic N) is 1. The van der Waals surface area contributed by atoms with E-state index in [9.17, 15) is 0 Å². The molecule has 1 unspecified atom stereocenters. The molecule has 3 aromatic carbocycles. The molecule has 0 radical (unpaired) electrons. The Labute approximate surface area is 200 Å². The lowest BCUT2D eigenvalue weighted by Gasteiger charge is -2.36. The average Bonchev–Trinajstić information content (AvgIpc) is 3.45. The monoisotopic (exact) mass is 441 g/mol. The number of rotatable bonds is 4. The maximum absolute atomic E-state index is 6.00. The van der Waals surface area contributed by atoms with Gasteiger partial charge in [-0.25, -0.2) is 0 Å². The summed E-state index contributed by atoms with van der Waals surface area (Å²) in [4.78, 5) is 2.42. The summed E-state index contributed by atoms with van der Waals surface area (Å²) in [6.07, 6.45) is 11.1. The number of nitrogens with two attached hydrogens (primary N) is 1. The molecule has 34 heavy (non-hydrogen) atoms. The van der Waals surface area contributed by atoms with Gasteiger partial charge < -0.3 is 10.3 Å². The summed E-state index contributed by atoms with van der Waals surface area (Å²) < 4.78 is 0. The number of hydrogen-bond acceptors (Lipinski definition) is 3. The van der Waals surface area contributed by atoms with Crippen LogP contribution in [0, 0.1) is 0 Å². The van der Waals surface area contributed by atoms with Crippen LogP contribution in [0.25, 0.3) is 5.57 Å². The summed E-state index contributed by atoms with van der Waals surface area (Å²) >= 11 is 0. The first-order chi connectivity index (χ1) is 16.7. The van der Waals surface area contributed by atoms with Crippen LogP contribution in [0.1, 0.15) is 35.6 Å². The predicted octanol–water partition coefficient (Wildman–Crippen LogP) is 7.07. The van der Waals surface area contributed by atoms with Crippen molar-refractivity contribution in [3.63, 3.8) is 0 Å². The number of hydrogen-bond donors (Lipinski definition) is 2. The Morgan fingerprint density at radius 3 is 2.53 bits per heavy atom. The standard InChI is InChI=1S/C31H27N3/c1-21-18-24-19-23-12-9-15-26(23)28(24)20-34(30-17-8-6-13-25(21)30)31(22-10-3-2-4-11-22)27-14-5-7-16-29(27)33-32/h2-14,16-18,20,31,33H,1,15,19,32H2/b24-18-,28-20+. The summed E-state index contributed by atoms with van der Waals surface area (Å²) in [6, 6.07) is 27.4. The molecule has 0 aromatic heterocycles. The first-order valence-corrected chi connectivity index (χ1v) is 11.7. The van der Waals surface area contributed by atoms with E-state index in [4.69, 9.17) is 5.84 Å². The molecule has 0 fully saturated rings. The van der Waals surface area contributed by atoms with Crippen LogP contribution >= 0.6 is 0 Å². The molecule has 3 aliphatic rings. The highest BCUT2D eigenvalue weighted by atomic mass is 15.2. The molecule has 166 valence electrons. The van der Waals surface area contributed by atoms with E-state index >= 15 is 0 Å². The summed E-state index contributed by atoms with van der Waals surface area (Å²) in [6.45, 7) is 4.49. The second kappa shape index (κ2) is 8.36. The number of benzene rings is 3. The quantitative estimate of drug-likeness (QED) is 0.336. The highest BCUT2D eigenvalue weighted by molar-refractivity contribution is 5.86. The van der Waals surface area contributed by atoms with Gasteiger partial charge in [-0.1, -0.05) is 91.5 Å². The molecule has 3 aromatic rings. The van der Waals surface area contributed by atoms with Crippen LogP contribution in [0.15, 0.2) is 132 Å². The fraction of sp³-hybridized carbons (Fsp3) is 0.0968. The third kappa shape index (κ3) is 3.33. The minimum Gasteiger partial charge on any atom is -0.335 e. The van der Waals surface area contributed by atoms with Crippen molar-refractivity contribution in [1.29, 1.82) is 0 Å². The summed E-state index contributed by atoms with van der Waals surface area (Å²) in [5.74, 6) is 6.00. The zero-order valence-electron chi connectivity index (χ0n) is 19.0. The minimum absolute atomic E-state index is 0.0757. The molecule has 6 rings (SSSR count). The van der Waals surface area contributed by atoms with Gasteiger partial charge in [0.1, 0.15) is 0 Å². The third-order valence-corrected chi connectivity index (χ3v) is 7.03. The lowest BCUT2D eigenvalue weighted by Crippen LogP contribution is -2.28. The molecular weight excluding hydrogens is 414 g/mol. The molecule has 1 atom stereocenters. The van der Waals surface area contributed by atoms with Crippen molar-refractivity contribution in [2.45, 2.75) is 18.9 Å². The third-order valence-electron chi connectivity index (χ3n) is 7.03. The van der Waals surface area contributed by atoms with Crippen molar-refractivity contribution in [2.75, 3.05) is 10.3 Å². The average molecular weight is 442 g/mol. The summed E-state index contributed by atoms with van der Waals surface area (Å²) in [5, 5.41) is 0. The number of allylic oxidation sites excluding steroid dienone is 8. The largest absolute Gasteiger partial charge is 0.335 e. The summed E-state index contributed by atoms with van der Waals surface area (Å²) in [7, 11) is 0. The van der Waals surface area contributed by atoms with Crippen LogP contribution < -0.4 is 16.2 Å². The molecule has 0 saturated carbocycles. The SMILES string of the molecule is C=C1/C=C2/CC3=C(CC=C3)/C2=C/N(C(c2ccccc2)c2ccccc2NN)c2ccccc21. The van der Waals surface area contributed by atoms with Crippen LogP contribution in [0.4, 0.5) is 11.4 Å². The molecule has 3 heteroatoms. The molecule has 0 bridgehead atoms. The Kier molecular flexibility index (Phi) is 5.05. The van der Waals surface area contributed by atoms with Gasteiger partial charge in [-0.15, -0.1) is 0 Å². The van der Waals surface area contributed by atoms with Crippen molar-refractivity contribution in [3.8, 4) is 0 Å². The smallest absolute Gasteiger partial charge is 0.0859 e. The topological polar surface area (TPSA) is 41.3 Å². The zero-order chi connectivity index (χ0) is 23.1. The number of anilines is 2. The van der Waals surface area contributed by atoms with E-state index in [2.05, 4.69) is 108 Å². The molecule has 3 nitrogen and oxygen atoms in total. The van der Waals surface area contributed by atoms with Gasteiger partial charge in [0, 0.05) is 23.0 Å². The molecule has 0 spiro atoms. The number of hydrazine groups is 1. The normalized spacial score (nSPS) is 20.4. The second-order valence-electron chi connectivity index (χ2n) is 8.99. The van der Waals surface area contributed by atoms with Crippen molar-refractivity contribution in [1.82, 2.24) is 0 Å². The van der Waals surface area contributed by atoms with E-state index < -0.39 is 0 Å². The van der Waals surface area contributed by atoms with Crippen molar-refractivity contribution >= 4 is 16.9 Å². The van der Waals surface area contributed by atoms with Gasteiger partial charge in [-0.3, -0.25) is 5.84 Å². The molecule has 1 aliphatic heterocycles. The Morgan fingerprint density at radius 1 is 0.912 bits per heavy atom. The lowest BCUT2D eigenvalue weighted by molar-refractivity contribution is 0.808. The first kappa shape index (κ1) is 20.5. The molecule has 3 N–H and O–H groups in total. The second-order valence-corrected chi connectivity index (χ2v) is 8.99. The fourth-order valence-corrected chi connectivity index (χ4v) is 5.46. The molecule has 0 saturated heterocycles. The van der Waals surface area contributed by atoms with E-state index in [-0.39, 0.29) is 6.04 Å². The van der Waals surface area contributed by atoms with Crippen molar-refractivity contribution in [2.24, 2.45) is 5.84 Å². The molecule has 2 aliphatic carbocycles. The molecular formula is C31H27N3. The Morgan fingerprint density at radius 2 is 1.68 bits per heavy atom. The van der Waals surface area contributed by atoms with Gasteiger partial charge in [0.05, 0.1) is 11.7 Å². The van der Waals surface area contributed by atoms with Gasteiger partial charge >= 0.3 is 0 Å². The maximum atomic E-state index is 6.00. The lowest BCUT2D eigenvalue weighted by atomic mass is 9.91. The van der Waals surface area contributed by atoms with Gasteiger partial charge in [0.15, 0.2) is 0 Å². The van der Waals surface area contributed by atoms with Crippen LogP contribution in [0.3, 0.4) is 0 Å². The number of nitrogen functional groups attached to an aromatic ring is 1. The Bertz CT molecular complexity index is 1410. The van der Waals surface area contributed by atoms with Crippen LogP contribution in [-0.4, -0.2) is 0 Å². The van der Waals surface area contributed by atoms with Crippen LogP contribution in [-0.2, 0) is 0 Å². The van der Waals surface area contributed by atoms with Gasteiger partial charge in [0.25, 0.3) is 0 Å². The molecule has 1 heterocycles. The minimum atomic E-state index is -0.0757. The first-order valence-electron chi connectivity index (χ1n) is 11.7. The highest BCUT2D eigenvalue weighted by Crippen LogP contribution is 2.48. The van der Waals surface area contributed by atoms with Gasteiger partial charge in [-0.2, -0.15) is 0 Å². The number of fused-ring (bicyclic) bond motifs is 3. The van der Waals surface area contributed by atoms with Gasteiger partial charge in [-0.05, 0) is 58.4 Å². The fourth-order valence-electron chi connectivity index (χ4n) is 5.46. The van der Waals surface area contributed by atoms with E-state index in [1.165, 1.54) is 27.9 Å². The van der Waals surface area contributed by atoms with E-state index in [1.54, 1.807) is 0 Å². The summed E-state index contributed by atoms with van der Waals surface area (Å²) in [5.41, 5.74) is 15.0. The van der Waals surface area contributed by atoms with Crippen LogP contribution in [0.2, 0.25) is 0 Å². The van der Waals surface area contributed by atoms with E-state index in [0.717, 1.165) is 40.9 Å². The maximum Gasteiger partial charge on any atom is 0.0859 e. The van der Waals surface area contributed by atoms with Crippen molar-refractivity contribution < 1.29 is 0 Å². The Hall–Kier alpha value is -4.08. The van der Waals surface area contributed by atoms with Gasteiger partial charge in [0.2, 0.25) is 0 Å². The number of nitrogens with one attached hydrogen (secondary N) is 1. The zero-order valence-corrected chi connectivity index (χ0v) is 19.0. The van der Waals surface area contributed by atoms with E-state index in [1.807, 2.05) is 12.1 Å². The number of para-hydroxylation sites is 2. The van der Waals surface area contributed by atoms with Crippen LogP contribution in [0.5, 0.6) is 0 Å². The van der Waals surface area contributed by atoms with E-state index in [0.29, 0.717) is 0 Å².